The van der Waals surface area contributed by atoms with Crippen LogP contribution in [0.15, 0.2) is 27.6 Å². The summed E-state index contributed by atoms with van der Waals surface area (Å²) in [6.07, 6.45) is 1.73. The second-order valence-corrected chi connectivity index (χ2v) is 8.24. The number of aliphatic carboxylic acids is 1. The summed E-state index contributed by atoms with van der Waals surface area (Å²) >= 11 is 3.34. The van der Waals surface area contributed by atoms with Crippen molar-refractivity contribution in [2.45, 2.75) is 43.5 Å². The zero-order valence-corrected chi connectivity index (χ0v) is 14.4. The molecular formula is C14H18BrNO4S. The zero-order valence-electron chi connectivity index (χ0n) is 12.0. The Kier molecular flexibility index (Phi) is 4.46. The monoisotopic (exact) mass is 375 g/mol. The summed E-state index contributed by atoms with van der Waals surface area (Å²) in [7, 11) is -3.82. The molecule has 1 unspecified atom stereocenters. The molecule has 0 aromatic heterocycles. The highest BCUT2D eigenvalue weighted by atomic mass is 79.9. The third kappa shape index (κ3) is 2.86. The Labute approximate surface area is 133 Å². The summed E-state index contributed by atoms with van der Waals surface area (Å²) in [6, 6.07) is 4.74. The molecule has 0 aliphatic carbocycles. The molecule has 1 aliphatic heterocycles. The molecule has 0 radical (unpaired) electrons. The number of carboxylic acid groups (broad SMARTS) is 1. The number of carbonyl (C=O) groups is 1. The van der Waals surface area contributed by atoms with Crippen LogP contribution in [0, 0.1) is 6.92 Å². The molecule has 0 bridgehead atoms. The number of nitrogens with zero attached hydrogens (tertiary/aromatic N) is 1. The fourth-order valence-corrected chi connectivity index (χ4v) is 4.74. The second kappa shape index (κ2) is 5.70. The van der Waals surface area contributed by atoms with Crippen LogP contribution in [0.2, 0.25) is 0 Å². The highest BCUT2D eigenvalue weighted by Crippen LogP contribution is 2.34. The van der Waals surface area contributed by atoms with E-state index >= 15 is 0 Å². The van der Waals surface area contributed by atoms with Gasteiger partial charge in [-0.2, -0.15) is 4.31 Å². The molecule has 1 aromatic carbocycles. The molecule has 21 heavy (non-hydrogen) atoms. The van der Waals surface area contributed by atoms with Gasteiger partial charge in [-0.05, 0) is 56.9 Å². The summed E-state index contributed by atoms with van der Waals surface area (Å²) < 4.78 is 27.6. The first-order chi connectivity index (χ1) is 9.69. The number of hydrogen-bond donors (Lipinski definition) is 1. The summed E-state index contributed by atoms with van der Waals surface area (Å²) in [4.78, 5) is 11.7. The molecule has 0 saturated carbocycles. The van der Waals surface area contributed by atoms with Crippen molar-refractivity contribution in [3.63, 3.8) is 0 Å². The maximum Gasteiger partial charge on any atom is 0.324 e. The molecule has 1 N–H and O–H groups in total. The van der Waals surface area contributed by atoms with Crippen LogP contribution in [-0.2, 0) is 14.8 Å². The van der Waals surface area contributed by atoms with Crippen LogP contribution >= 0.6 is 15.9 Å². The molecule has 1 atom stereocenters. The predicted octanol–water partition coefficient (Wildman–Crippen LogP) is 2.78. The smallest absolute Gasteiger partial charge is 0.324 e. The van der Waals surface area contributed by atoms with Gasteiger partial charge in [0.1, 0.15) is 5.54 Å². The minimum absolute atomic E-state index is 0.137. The Hall–Kier alpha value is -0.920. The van der Waals surface area contributed by atoms with E-state index in [1.165, 1.54) is 13.0 Å². The Bertz CT molecular complexity index is 674. The van der Waals surface area contributed by atoms with E-state index in [2.05, 4.69) is 15.9 Å². The SMILES string of the molecule is Cc1cc(S(=O)(=O)N2CCCCC2(C)C(=O)O)ccc1Br. The Morgan fingerprint density at radius 1 is 1.38 bits per heavy atom. The summed E-state index contributed by atoms with van der Waals surface area (Å²) in [5.74, 6) is -1.10. The first-order valence-electron chi connectivity index (χ1n) is 6.72. The van der Waals surface area contributed by atoms with Gasteiger partial charge in [-0.3, -0.25) is 4.79 Å². The molecule has 116 valence electrons. The fourth-order valence-electron chi connectivity index (χ4n) is 2.60. The van der Waals surface area contributed by atoms with Gasteiger partial charge in [0.2, 0.25) is 10.0 Å². The van der Waals surface area contributed by atoms with Crippen LogP contribution in [-0.4, -0.2) is 35.9 Å². The van der Waals surface area contributed by atoms with E-state index in [-0.39, 0.29) is 11.4 Å². The molecule has 7 heteroatoms. The lowest BCUT2D eigenvalue weighted by Gasteiger charge is -2.40. The van der Waals surface area contributed by atoms with Gasteiger partial charge in [0.05, 0.1) is 4.90 Å². The average Bonchev–Trinajstić information content (AvgIpc) is 2.41. The van der Waals surface area contributed by atoms with E-state index in [0.29, 0.717) is 19.3 Å². The number of carboxylic acids is 1. The number of piperidine rings is 1. The first-order valence-corrected chi connectivity index (χ1v) is 8.95. The quantitative estimate of drug-likeness (QED) is 0.880. The molecule has 2 rings (SSSR count). The molecule has 1 fully saturated rings. The maximum atomic E-state index is 12.8. The van der Waals surface area contributed by atoms with Gasteiger partial charge in [0.15, 0.2) is 0 Å². The maximum absolute atomic E-state index is 12.8. The van der Waals surface area contributed by atoms with E-state index < -0.39 is 21.5 Å². The van der Waals surface area contributed by atoms with Crippen molar-refractivity contribution in [3.05, 3.63) is 28.2 Å². The van der Waals surface area contributed by atoms with Crippen LogP contribution in [0.1, 0.15) is 31.7 Å². The molecule has 1 aromatic rings. The summed E-state index contributed by atoms with van der Waals surface area (Å²) in [5.41, 5.74) is -0.581. The first kappa shape index (κ1) is 16.5. The highest BCUT2D eigenvalue weighted by molar-refractivity contribution is 9.10. The van der Waals surface area contributed by atoms with Crippen LogP contribution in [0.3, 0.4) is 0 Å². The van der Waals surface area contributed by atoms with Gasteiger partial charge < -0.3 is 5.11 Å². The number of benzene rings is 1. The topological polar surface area (TPSA) is 74.7 Å². The molecule has 1 saturated heterocycles. The molecule has 0 spiro atoms. The summed E-state index contributed by atoms with van der Waals surface area (Å²) in [5, 5.41) is 9.46. The molecule has 1 aliphatic rings. The third-order valence-corrected chi connectivity index (χ3v) is 6.91. The Morgan fingerprint density at radius 3 is 2.62 bits per heavy atom. The van der Waals surface area contributed by atoms with Crippen molar-refractivity contribution in [2.75, 3.05) is 6.54 Å². The van der Waals surface area contributed by atoms with Crippen LogP contribution < -0.4 is 0 Å². The third-order valence-electron chi connectivity index (χ3n) is 4.00. The van der Waals surface area contributed by atoms with Gasteiger partial charge in [0, 0.05) is 11.0 Å². The van der Waals surface area contributed by atoms with Gasteiger partial charge in [-0.15, -0.1) is 0 Å². The van der Waals surface area contributed by atoms with Gasteiger partial charge in [-0.25, -0.2) is 8.42 Å². The Morgan fingerprint density at radius 2 is 2.05 bits per heavy atom. The van der Waals surface area contributed by atoms with E-state index in [4.69, 9.17) is 0 Å². The van der Waals surface area contributed by atoms with Crippen LogP contribution in [0.4, 0.5) is 0 Å². The lowest BCUT2D eigenvalue weighted by atomic mass is 9.91. The minimum Gasteiger partial charge on any atom is -0.480 e. The van der Waals surface area contributed by atoms with Crippen molar-refractivity contribution in [3.8, 4) is 0 Å². The van der Waals surface area contributed by atoms with Crippen molar-refractivity contribution in [1.82, 2.24) is 4.31 Å². The van der Waals surface area contributed by atoms with E-state index in [0.717, 1.165) is 14.3 Å². The molecular weight excluding hydrogens is 358 g/mol. The van der Waals surface area contributed by atoms with Crippen LogP contribution in [0.25, 0.3) is 0 Å². The fraction of sp³-hybridized carbons (Fsp3) is 0.500. The van der Waals surface area contributed by atoms with E-state index in [1.807, 2.05) is 0 Å². The van der Waals surface area contributed by atoms with Crippen molar-refractivity contribution < 1.29 is 18.3 Å². The lowest BCUT2D eigenvalue weighted by molar-refractivity contribution is -0.149. The van der Waals surface area contributed by atoms with Gasteiger partial charge >= 0.3 is 5.97 Å². The Balaban J connectivity index is 2.50. The largest absolute Gasteiger partial charge is 0.480 e. The molecule has 5 nitrogen and oxygen atoms in total. The molecule has 0 amide bonds. The van der Waals surface area contributed by atoms with E-state index in [1.54, 1.807) is 19.1 Å². The lowest BCUT2D eigenvalue weighted by Crippen LogP contribution is -2.57. The number of rotatable bonds is 3. The normalized spacial score (nSPS) is 24.0. The van der Waals surface area contributed by atoms with Crippen molar-refractivity contribution >= 4 is 31.9 Å². The highest BCUT2D eigenvalue weighted by Gasteiger charge is 2.47. The van der Waals surface area contributed by atoms with Crippen molar-refractivity contribution in [1.29, 1.82) is 0 Å². The number of halogens is 1. The zero-order chi connectivity index (χ0) is 15.8. The van der Waals surface area contributed by atoms with Gasteiger partial charge in [0.25, 0.3) is 0 Å². The van der Waals surface area contributed by atoms with E-state index in [9.17, 15) is 18.3 Å². The number of sulfonamides is 1. The van der Waals surface area contributed by atoms with Gasteiger partial charge in [-0.1, -0.05) is 15.9 Å². The molecule has 1 heterocycles. The average molecular weight is 376 g/mol. The standard InChI is InChI=1S/C14H18BrNO4S/c1-10-9-11(5-6-12(10)15)21(19,20)16-8-4-3-7-14(16,2)13(17)18/h5-6,9H,3-4,7-8H2,1-2H3,(H,17,18). The summed E-state index contributed by atoms with van der Waals surface area (Å²) in [6.45, 7) is 3.52. The van der Waals surface area contributed by atoms with Crippen molar-refractivity contribution in [2.24, 2.45) is 0 Å². The number of hydrogen-bond acceptors (Lipinski definition) is 3. The number of aryl methyl sites for hydroxylation is 1. The predicted molar refractivity (Wildman–Crippen MR) is 82.7 cm³/mol. The van der Waals surface area contributed by atoms with Crippen LogP contribution in [0.5, 0.6) is 0 Å². The second-order valence-electron chi connectivity index (χ2n) is 5.52. The minimum atomic E-state index is -3.82.